The quantitative estimate of drug-likeness (QED) is 0.343. The second-order valence-corrected chi connectivity index (χ2v) is 10.0. The number of aromatic nitrogens is 1. The van der Waals surface area contributed by atoms with Gasteiger partial charge in [-0.05, 0) is 36.4 Å². The summed E-state index contributed by atoms with van der Waals surface area (Å²) in [5, 5.41) is 11.9. The highest BCUT2D eigenvalue weighted by molar-refractivity contribution is 6.05. The lowest BCUT2D eigenvalue weighted by atomic mass is 9.92. The summed E-state index contributed by atoms with van der Waals surface area (Å²) in [6.07, 6.45) is -0.743. The van der Waals surface area contributed by atoms with Crippen molar-refractivity contribution in [2.24, 2.45) is 0 Å². The minimum Gasteiger partial charge on any atom is -0.497 e. The molecule has 238 valence electrons. The fraction of sp³-hybridized carbons (Fsp3) is 0.310. The van der Waals surface area contributed by atoms with Gasteiger partial charge >= 0.3 is 6.61 Å². The van der Waals surface area contributed by atoms with Crippen LogP contribution in [0.2, 0.25) is 0 Å². The van der Waals surface area contributed by atoms with E-state index in [0.717, 1.165) is 52.3 Å². The van der Waals surface area contributed by atoms with Gasteiger partial charge in [0.25, 0.3) is 17.7 Å². The highest BCUT2D eigenvalue weighted by atomic mass is 19.3. The molecule has 2 N–H and O–H groups in total. The number of alkyl halides is 2. The second kappa shape index (κ2) is 13.0. The van der Waals surface area contributed by atoms with E-state index in [1.54, 1.807) is 0 Å². The molecular formula is C29H25F5N4O7. The SMILES string of the molecule is COc1cc(F)c([C@@H]2CN(c3nc(N4CC(CO)OCC4=O)ccc3F)C(=O)[C@H]2NC(=O)c2ccc(OC(F)F)cc2)c(F)c1. The number of nitrogens with one attached hydrogen (secondary N) is 1. The van der Waals surface area contributed by atoms with Crippen LogP contribution in [0, 0.1) is 17.5 Å². The van der Waals surface area contributed by atoms with Gasteiger partial charge in [-0.3, -0.25) is 24.2 Å². The standard InChI is InChI=1S/C29H25F5N4O7/c1-43-16-8-20(31)24(21(32)9-16)18-11-38(26-19(30)6-7-22(35-26)37-10-17(12-39)44-13-23(37)40)28(42)25(18)36-27(41)14-2-4-15(5-3-14)45-29(33)34/h2-9,17-18,25,29,39H,10-13H2,1H3,(H,36,41)/t17?,18-,25-/m0/s1. The number of hydrogen-bond donors (Lipinski definition) is 2. The highest BCUT2D eigenvalue weighted by Crippen LogP contribution is 2.37. The lowest BCUT2D eigenvalue weighted by Gasteiger charge is -2.31. The first kappa shape index (κ1) is 31.6. The maximum Gasteiger partial charge on any atom is 0.387 e. The fourth-order valence-electron chi connectivity index (χ4n) is 5.11. The van der Waals surface area contributed by atoms with Gasteiger partial charge in [0.2, 0.25) is 0 Å². The van der Waals surface area contributed by atoms with E-state index in [9.17, 15) is 28.3 Å². The van der Waals surface area contributed by atoms with Gasteiger partial charge in [-0.1, -0.05) is 0 Å². The molecule has 1 unspecified atom stereocenters. The number of amides is 3. The molecule has 2 fully saturated rings. The molecule has 2 aromatic carbocycles. The van der Waals surface area contributed by atoms with E-state index >= 15 is 13.2 Å². The van der Waals surface area contributed by atoms with Crippen LogP contribution in [-0.4, -0.2) is 80.0 Å². The average Bonchev–Trinajstić information content (AvgIpc) is 3.32. The van der Waals surface area contributed by atoms with Gasteiger partial charge in [-0.25, -0.2) is 18.2 Å². The number of anilines is 2. The van der Waals surface area contributed by atoms with Crippen molar-refractivity contribution in [2.75, 3.05) is 43.2 Å². The van der Waals surface area contributed by atoms with Gasteiger partial charge in [0, 0.05) is 35.7 Å². The van der Waals surface area contributed by atoms with Crippen molar-refractivity contribution in [1.29, 1.82) is 0 Å². The lowest BCUT2D eigenvalue weighted by molar-refractivity contribution is -0.130. The zero-order valence-corrected chi connectivity index (χ0v) is 23.4. The van der Waals surface area contributed by atoms with Crippen molar-refractivity contribution < 1.29 is 55.7 Å². The van der Waals surface area contributed by atoms with Gasteiger partial charge in [0.1, 0.15) is 41.6 Å². The number of aliphatic hydroxyl groups is 1. The number of aliphatic hydroxyl groups excluding tert-OH is 1. The molecule has 45 heavy (non-hydrogen) atoms. The Morgan fingerprint density at radius 3 is 2.33 bits per heavy atom. The Bertz CT molecular complexity index is 1590. The van der Waals surface area contributed by atoms with Gasteiger partial charge < -0.3 is 24.6 Å². The predicted octanol–water partition coefficient (Wildman–Crippen LogP) is 2.76. The molecule has 0 saturated carbocycles. The third-order valence-corrected chi connectivity index (χ3v) is 7.28. The molecule has 0 radical (unpaired) electrons. The number of halogens is 5. The van der Waals surface area contributed by atoms with E-state index in [0.29, 0.717) is 0 Å². The average molecular weight is 637 g/mol. The molecule has 16 heteroatoms. The Morgan fingerprint density at radius 1 is 1.02 bits per heavy atom. The highest BCUT2D eigenvalue weighted by Gasteiger charge is 2.46. The van der Waals surface area contributed by atoms with Crippen molar-refractivity contribution in [3.05, 3.63) is 77.1 Å². The van der Waals surface area contributed by atoms with Gasteiger partial charge in [0.05, 0.1) is 26.4 Å². The van der Waals surface area contributed by atoms with Gasteiger partial charge in [0.15, 0.2) is 11.6 Å². The number of nitrogens with zero attached hydrogens (tertiary/aromatic N) is 3. The maximum atomic E-state index is 15.3. The van der Waals surface area contributed by atoms with E-state index in [4.69, 9.17) is 9.47 Å². The zero-order chi connectivity index (χ0) is 32.4. The Labute approximate surface area is 252 Å². The summed E-state index contributed by atoms with van der Waals surface area (Å²) in [4.78, 5) is 45.5. The molecule has 2 aliphatic rings. The van der Waals surface area contributed by atoms with Crippen molar-refractivity contribution >= 4 is 29.4 Å². The smallest absolute Gasteiger partial charge is 0.387 e. The van der Waals surface area contributed by atoms with Gasteiger partial charge in [-0.15, -0.1) is 0 Å². The van der Waals surface area contributed by atoms with Crippen LogP contribution in [0.3, 0.4) is 0 Å². The number of hydrogen-bond acceptors (Lipinski definition) is 8. The Balaban J connectivity index is 1.50. The van der Waals surface area contributed by atoms with Crippen LogP contribution in [0.15, 0.2) is 48.5 Å². The molecule has 3 heterocycles. The molecule has 2 saturated heterocycles. The molecule has 3 atom stereocenters. The van der Waals surface area contributed by atoms with E-state index in [-0.39, 0.29) is 36.0 Å². The van der Waals surface area contributed by atoms with E-state index in [1.807, 2.05) is 0 Å². The van der Waals surface area contributed by atoms with Crippen LogP contribution in [0.1, 0.15) is 21.8 Å². The molecule has 11 nitrogen and oxygen atoms in total. The van der Waals surface area contributed by atoms with Crippen LogP contribution >= 0.6 is 0 Å². The summed E-state index contributed by atoms with van der Waals surface area (Å²) in [6, 6.07) is 6.68. The number of morpholine rings is 1. The predicted molar refractivity (Wildman–Crippen MR) is 146 cm³/mol. The second-order valence-electron chi connectivity index (χ2n) is 10.0. The fourth-order valence-corrected chi connectivity index (χ4v) is 5.11. The number of rotatable bonds is 9. The summed E-state index contributed by atoms with van der Waals surface area (Å²) in [5.41, 5.74) is -0.698. The van der Waals surface area contributed by atoms with Crippen LogP contribution < -0.4 is 24.6 Å². The summed E-state index contributed by atoms with van der Waals surface area (Å²) in [6.45, 7) is -4.57. The number of ether oxygens (including phenoxy) is 3. The summed E-state index contributed by atoms with van der Waals surface area (Å²) < 4.78 is 85.2. The molecule has 2 aliphatic heterocycles. The minimum absolute atomic E-state index is 0.0806. The minimum atomic E-state index is -3.10. The van der Waals surface area contributed by atoms with Crippen LogP contribution in [0.4, 0.5) is 33.6 Å². The van der Waals surface area contributed by atoms with Crippen molar-refractivity contribution in [3.8, 4) is 11.5 Å². The molecular weight excluding hydrogens is 611 g/mol. The molecule has 3 aromatic rings. The Hall–Kier alpha value is -4.83. The first-order chi connectivity index (χ1) is 21.5. The van der Waals surface area contributed by atoms with Gasteiger partial charge in [-0.2, -0.15) is 8.78 Å². The number of carbonyl (C=O) groups excluding carboxylic acids is 3. The van der Waals surface area contributed by atoms with Crippen LogP contribution in [0.25, 0.3) is 0 Å². The third-order valence-electron chi connectivity index (χ3n) is 7.28. The first-order valence-corrected chi connectivity index (χ1v) is 13.4. The van der Waals surface area contributed by atoms with Crippen molar-refractivity contribution in [3.63, 3.8) is 0 Å². The number of carbonyl (C=O) groups is 3. The Kier molecular flexibility index (Phi) is 9.15. The number of pyridine rings is 1. The summed E-state index contributed by atoms with van der Waals surface area (Å²) in [5.74, 6) is -8.12. The van der Waals surface area contributed by atoms with Crippen LogP contribution in [0.5, 0.6) is 11.5 Å². The summed E-state index contributed by atoms with van der Waals surface area (Å²) >= 11 is 0. The molecule has 3 amide bonds. The largest absolute Gasteiger partial charge is 0.497 e. The molecule has 0 aliphatic carbocycles. The topological polar surface area (TPSA) is 131 Å². The normalized spacial score (nSPS) is 20.1. The molecule has 0 spiro atoms. The van der Waals surface area contributed by atoms with E-state index in [2.05, 4.69) is 15.0 Å². The van der Waals surface area contributed by atoms with Crippen LogP contribution in [-0.2, 0) is 14.3 Å². The zero-order valence-electron chi connectivity index (χ0n) is 23.4. The number of methoxy groups -OCH3 is 1. The van der Waals surface area contributed by atoms with E-state index in [1.165, 1.54) is 13.2 Å². The molecule has 0 bridgehead atoms. The van der Waals surface area contributed by atoms with Crippen molar-refractivity contribution in [2.45, 2.75) is 24.7 Å². The lowest BCUT2D eigenvalue weighted by Crippen LogP contribution is -2.48. The third kappa shape index (κ3) is 6.51. The molecule has 1 aromatic heterocycles. The number of benzene rings is 2. The maximum absolute atomic E-state index is 15.3. The summed E-state index contributed by atoms with van der Waals surface area (Å²) in [7, 11) is 1.19. The van der Waals surface area contributed by atoms with Crippen molar-refractivity contribution in [1.82, 2.24) is 10.3 Å². The molecule has 5 rings (SSSR count). The Morgan fingerprint density at radius 2 is 1.71 bits per heavy atom. The van der Waals surface area contributed by atoms with E-state index < -0.39 is 84.4 Å². The first-order valence-electron chi connectivity index (χ1n) is 13.4. The monoisotopic (exact) mass is 636 g/mol.